The Bertz CT molecular complexity index is 595. The van der Waals surface area contributed by atoms with Gasteiger partial charge in [-0.25, -0.2) is 9.18 Å². The molecule has 1 aromatic heterocycles. The predicted octanol–water partition coefficient (Wildman–Crippen LogP) is 3.07. The minimum Gasteiger partial charge on any atom is -0.448 e. The summed E-state index contributed by atoms with van der Waals surface area (Å²) in [5.74, 6) is -1.40. The van der Waals surface area contributed by atoms with Gasteiger partial charge >= 0.3 is 5.97 Å². The molecule has 0 aliphatic heterocycles. The van der Waals surface area contributed by atoms with E-state index in [9.17, 15) is 14.0 Å². The quantitative estimate of drug-likeness (QED) is 0.881. The average molecular weight is 293 g/mol. The first-order chi connectivity index (χ1) is 9.56. The Kier molecular flexibility index (Phi) is 4.47. The number of carbonyl (C=O) groups is 2. The van der Waals surface area contributed by atoms with Gasteiger partial charge in [0.1, 0.15) is 10.7 Å². The van der Waals surface area contributed by atoms with Gasteiger partial charge in [-0.1, -0.05) is 6.07 Å². The van der Waals surface area contributed by atoms with E-state index in [1.165, 1.54) is 42.5 Å². The Morgan fingerprint density at radius 1 is 1.25 bits per heavy atom. The zero-order chi connectivity index (χ0) is 14.5. The molecule has 1 heterocycles. The van der Waals surface area contributed by atoms with Crippen LogP contribution in [0.1, 0.15) is 16.6 Å². The number of ether oxygens (including phenoxy) is 1. The molecule has 0 saturated carbocycles. The van der Waals surface area contributed by atoms with Crippen molar-refractivity contribution in [3.8, 4) is 0 Å². The first kappa shape index (κ1) is 14.2. The third-order valence-electron chi connectivity index (χ3n) is 2.49. The minimum absolute atomic E-state index is 0.389. The maximum Gasteiger partial charge on any atom is 0.349 e. The van der Waals surface area contributed by atoms with E-state index in [4.69, 9.17) is 4.74 Å². The van der Waals surface area contributed by atoms with Gasteiger partial charge in [-0.2, -0.15) is 0 Å². The van der Waals surface area contributed by atoms with Crippen LogP contribution in [0.2, 0.25) is 0 Å². The Morgan fingerprint density at radius 3 is 2.55 bits per heavy atom. The van der Waals surface area contributed by atoms with E-state index in [2.05, 4.69) is 5.32 Å². The number of hydrogen-bond donors (Lipinski definition) is 1. The summed E-state index contributed by atoms with van der Waals surface area (Å²) < 4.78 is 17.8. The number of hydrogen-bond acceptors (Lipinski definition) is 4. The van der Waals surface area contributed by atoms with Gasteiger partial charge in [0.05, 0.1) is 0 Å². The van der Waals surface area contributed by atoms with E-state index in [-0.39, 0.29) is 5.82 Å². The van der Waals surface area contributed by atoms with Crippen molar-refractivity contribution in [2.24, 2.45) is 0 Å². The van der Waals surface area contributed by atoms with E-state index in [1.54, 1.807) is 17.5 Å². The number of thiophene rings is 1. The smallest absolute Gasteiger partial charge is 0.349 e. The van der Waals surface area contributed by atoms with Crippen molar-refractivity contribution >= 4 is 28.9 Å². The highest BCUT2D eigenvalue weighted by atomic mass is 32.1. The SMILES string of the molecule is CC(OC(=O)c1cccs1)C(=O)Nc1ccc(F)cc1. The van der Waals surface area contributed by atoms with Crippen LogP contribution < -0.4 is 5.32 Å². The van der Waals surface area contributed by atoms with Gasteiger partial charge < -0.3 is 10.1 Å². The number of esters is 1. The first-order valence-corrected chi connectivity index (χ1v) is 6.75. The molecule has 1 atom stereocenters. The monoisotopic (exact) mass is 293 g/mol. The van der Waals surface area contributed by atoms with Crippen LogP contribution in [0.25, 0.3) is 0 Å². The van der Waals surface area contributed by atoms with Crippen LogP contribution >= 0.6 is 11.3 Å². The zero-order valence-electron chi connectivity index (χ0n) is 10.6. The second-order valence-electron chi connectivity index (χ2n) is 4.02. The fraction of sp³-hybridized carbons (Fsp3) is 0.143. The number of benzene rings is 1. The topological polar surface area (TPSA) is 55.4 Å². The number of nitrogens with one attached hydrogen (secondary N) is 1. The fourth-order valence-corrected chi connectivity index (χ4v) is 2.05. The van der Waals surface area contributed by atoms with Gasteiger partial charge in [0, 0.05) is 5.69 Å². The molecule has 1 N–H and O–H groups in total. The van der Waals surface area contributed by atoms with Crippen LogP contribution in [0.4, 0.5) is 10.1 Å². The third-order valence-corrected chi connectivity index (χ3v) is 3.34. The second-order valence-corrected chi connectivity index (χ2v) is 4.97. The molecular weight excluding hydrogens is 281 g/mol. The molecule has 0 aliphatic carbocycles. The number of carbonyl (C=O) groups excluding carboxylic acids is 2. The van der Waals surface area contributed by atoms with Gasteiger partial charge in [0.15, 0.2) is 6.10 Å². The molecule has 0 aliphatic rings. The molecular formula is C14H12FNO3S. The molecule has 2 rings (SSSR count). The van der Waals surface area contributed by atoms with Crippen LogP contribution in [-0.2, 0) is 9.53 Å². The lowest BCUT2D eigenvalue weighted by molar-refractivity contribution is -0.123. The lowest BCUT2D eigenvalue weighted by Gasteiger charge is -2.12. The van der Waals surface area contributed by atoms with Crippen LogP contribution in [0.15, 0.2) is 41.8 Å². The standard InChI is InChI=1S/C14H12FNO3S/c1-9(19-14(18)12-3-2-8-20-12)13(17)16-11-6-4-10(15)5-7-11/h2-9H,1H3,(H,16,17). The van der Waals surface area contributed by atoms with Crippen LogP contribution in [0, 0.1) is 5.82 Å². The third kappa shape index (κ3) is 3.64. The Balaban J connectivity index is 1.92. The largest absolute Gasteiger partial charge is 0.448 e. The fourth-order valence-electron chi connectivity index (χ4n) is 1.44. The maximum absolute atomic E-state index is 12.7. The highest BCUT2D eigenvalue weighted by Gasteiger charge is 2.19. The highest BCUT2D eigenvalue weighted by molar-refractivity contribution is 7.11. The van der Waals surface area contributed by atoms with Crippen LogP contribution in [-0.4, -0.2) is 18.0 Å². The maximum atomic E-state index is 12.7. The summed E-state index contributed by atoms with van der Waals surface area (Å²) in [6, 6.07) is 8.68. The van der Waals surface area contributed by atoms with Gasteiger partial charge in [-0.15, -0.1) is 11.3 Å². The predicted molar refractivity (Wildman–Crippen MR) is 74.2 cm³/mol. The molecule has 104 valence electrons. The highest BCUT2D eigenvalue weighted by Crippen LogP contribution is 2.13. The molecule has 0 bridgehead atoms. The molecule has 20 heavy (non-hydrogen) atoms. The molecule has 4 nitrogen and oxygen atoms in total. The van der Waals surface area contributed by atoms with Crippen molar-refractivity contribution in [3.05, 3.63) is 52.5 Å². The van der Waals surface area contributed by atoms with Crippen molar-refractivity contribution in [2.75, 3.05) is 5.32 Å². The van der Waals surface area contributed by atoms with Crippen molar-refractivity contribution in [2.45, 2.75) is 13.0 Å². The van der Waals surface area contributed by atoms with Gasteiger partial charge in [0.2, 0.25) is 0 Å². The first-order valence-electron chi connectivity index (χ1n) is 5.87. The summed E-state index contributed by atoms with van der Waals surface area (Å²) in [4.78, 5) is 23.9. The Labute approximate surface area is 119 Å². The minimum atomic E-state index is -0.936. The number of amides is 1. The summed E-state index contributed by atoms with van der Waals surface area (Å²) in [5, 5.41) is 4.29. The molecule has 1 unspecified atom stereocenters. The Morgan fingerprint density at radius 2 is 1.95 bits per heavy atom. The number of rotatable bonds is 4. The number of halogens is 1. The van der Waals surface area contributed by atoms with Crippen molar-refractivity contribution < 1.29 is 18.7 Å². The van der Waals surface area contributed by atoms with Crippen molar-refractivity contribution in [1.29, 1.82) is 0 Å². The van der Waals surface area contributed by atoms with E-state index in [1.807, 2.05) is 0 Å². The van der Waals surface area contributed by atoms with Crippen LogP contribution in [0.5, 0.6) is 0 Å². The second kappa shape index (κ2) is 6.29. The lowest BCUT2D eigenvalue weighted by atomic mass is 10.3. The molecule has 0 spiro atoms. The molecule has 0 saturated heterocycles. The van der Waals surface area contributed by atoms with E-state index >= 15 is 0 Å². The van der Waals surface area contributed by atoms with Crippen molar-refractivity contribution in [3.63, 3.8) is 0 Å². The molecule has 2 aromatic rings. The average Bonchev–Trinajstić information content (AvgIpc) is 2.95. The summed E-state index contributed by atoms with van der Waals surface area (Å²) in [6.45, 7) is 1.48. The summed E-state index contributed by atoms with van der Waals surface area (Å²) in [6.07, 6.45) is -0.936. The molecule has 0 radical (unpaired) electrons. The van der Waals surface area contributed by atoms with Gasteiger partial charge in [-0.3, -0.25) is 4.79 Å². The number of anilines is 1. The lowest BCUT2D eigenvalue weighted by Crippen LogP contribution is -2.29. The zero-order valence-corrected chi connectivity index (χ0v) is 11.4. The molecule has 6 heteroatoms. The van der Waals surface area contributed by atoms with Crippen LogP contribution in [0.3, 0.4) is 0 Å². The summed E-state index contributed by atoms with van der Waals surface area (Å²) in [5.41, 5.74) is 0.440. The van der Waals surface area contributed by atoms with Crippen molar-refractivity contribution in [1.82, 2.24) is 0 Å². The summed E-state index contributed by atoms with van der Waals surface area (Å²) in [7, 11) is 0. The van der Waals surface area contributed by atoms with E-state index < -0.39 is 18.0 Å². The van der Waals surface area contributed by atoms with E-state index in [0.29, 0.717) is 10.6 Å². The molecule has 0 fully saturated rings. The summed E-state index contributed by atoms with van der Waals surface area (Å²) >= 11 is 1.24. The van der Waals surface area contributed by atoms with E-state index in [0.717, 1.165) is 0 Å². The molecule has 1 aromatic carbocycles. The van der Waals surface area contributed by atoms with Gasteiger partial charge in [0.25, 0.3) is 5.91 Å². The van der Waals surface area contributed by atoms with Gasteiger partial charge in [-0.05, 0) is 42.6 Å². The normalized spacial score (nSPS) is 11.7. The molecule has 1 amide bonds. The Hall–Kier alpha value is -2.21.